The highest BCUT2D eigenvalue weighted by Gasteiger charge is 2.59. The molecule has 1 heterocycles. The van der Waals surface area contributed by atoms with Gasteiger partial charge >= 0.3 is 0 Å². The van der Waals surface area contributed by atoms with Crippen LogP contribution in [0.5, 0.6) is 0 Å². The molecule has 136 valence electrons. The summed E-state index contributed by atoms with van der Waals surface area (Å²) in [7, 11) is 0. The van der Waals surface area contributed by atoms with E-state index in [0.717, 1.165) is 24.0 Å². The van der Waals surface area contributed by atoms with Gasteiger partial charge in [0.2, 0.25) is 11.8 Å². The molecule has 0 spiro atoms. The van der Waals surface area contributed by atoms with Crippen LogP contribution in [-0.2, 0) is 15.0 Å². The minimum atomic E-state index is -0.813. The van der Waals surface area contributed by atoms with Gasteiger partial charge in [0.05, 0.1) is 5.41 Å². The van der Waals surface area contributed by atoms with Gasteiger partial charge in [0, 0.05) is 17.8 Å². The van der Waals surface area contributed by atoms with Gasteiger partial charge in [0.1, 0.15) is 5.54 Å². The van der Waals surface area contributed by atoms with Gasteiger partial charge in [-0.05, 0) is 56.0 Å². The van der Waals surface area contributed by atoms with Crippen molar-refractivity contribution >= 4 is 17.5 Å². The second kappa shape index (κ2) is 6.28. The quantitative estimate of drug-likeness (QED) is 0.853. The number of benzene rings is 2. The van der Waals surface area contributed by atoms with Crippen LogP contribution in [0.1, 0.15) is 37.3 Å². The predicted molar refractivity (Wildman–Crippen MR) is 105 cm³/mol. The van der Waals surface area contributed by atoms with E-state index in [4.69, 9.17) is 6.42 Å². The van der Waals surface area contributed by atoms with Crippen molar-refractivity contribution in [3.05, 3.63) is 65.7 Å². The lowest BCUT2D eigenvalue weighted by molar-refractivity contribution is -0.156. The van der Waals surface area contributed by atoms with Gasteiger partial charge in [-0.15, -0.1) is 6.42 Å². The average Bonchev–Trinajstić information content (AvgIpc) is 3.50. The van der Waals surface area contributed by atoms with Gasteiger partial charge in [0.25, 0.3) is 0 Å². The molecule has 2 amide bonds. The molecule has 2 aliphatic rings. The average molecular weight is 358 g/mol. The van der Waals surface area contributed by atoms with E-state index in [1.165, 1.54) is 0 Å². The van der Waals surface area contributed by atoms with Gasteiger partial charge in [-0.3, -0.25) is 9.59 Å². The molecule has 0 radical (unpaired) electrons. The molecule has 1 aliphatic carbocycles. The number of anilines is 1. The fraction of sp³-hybridized carbons (Fsp3) is 0.304. The summed E-state index contributed by atoms with van der Waals surface area (Å²) < 4.78 is 0. The van der Waals surface area contributed by atoms with Crippen molar-refractivity contribution in [3.63, 3.8) is 0 Å². The van der Waals surface area contributed by atoms with Crippen LogP contribution in [-0.4, -0.2) is 28.8 Å². The lowest BCUT2D eigenvalue weighted by Gasteiger charge is -2.50. The van der Waals surface area contributed by atoms with E-state index < -0.39 is 11.0 Å². The Hall–Kier alpha value is -3.06. The fourth-order valence-corrected chi connectivity index (χ4v) is 3.80. The number of hydrogen-bond acceptors (Lipinski definition) is 2. The van der Waals surface area contributed by atoms with Crippen molar-refractivity contribution in [1.29, 1.82) is 0 Å². The zero-order chi connectivity index (χ0) is 19.1. The van der Waals surface area contributed by atoms with Crippen LogP contribution in [0.3, 0.4) is 0 Å². The lowest BCUT2D eigenvalue weighted by atomic mass is 9.82. The largest absolute Gasteiger partial charge is 0.327 e. The molecule has 1 saturated carbocycles. The summed E-state index contributed by atoms with van der Waals surface area (Å²) in [5, 5.41) is 2.93. The molecular weight excluding hydrogens is 336 g/mol. The van der Waals surface area contributed by atoms with E-state index in [-0.39, 0.29) is 11.8 Å². The molecule has 2 aromatic rings. The van der Waals surface area contributed by atoms with Crippen molar-refractivity contribution in [2.75, 3.05) is 11.9 Å². The van der Waals surface area contributed by atoms with Crippen LogP contribution in [0, 0.1) is 12.3 Å². The van der Waals surface area contributed by atoms with Crippen LogP contribution in [0.25, 0.3) is 0 Å². The van der Waals surface area contributed by atoms with E-state index in [0.29, 0.717) is 18.7 Å². The first-order chi connectivity index (χ1) is 13.0. The third-order valence-corrected chi connectivity index (χ3v) is 5.95. The van der Waals surface area contributed by atoms with Crippen LogP contribution >= 0.6 is 0 Å². The number of terminal acetylenes is 1. The van der Waals surface area contributed by atoms with Gasteiger partial charge in [-0.25, -0.2) is 0 Å². The van der Waals surface area contributed by atoms with E-state index in [2.05, 4.69) is 11.2 Å². The first-order valence-corrected chi connectivity index (χ1v) is 9.25. The maximum atomic E-state index is 13.3. The van der Waals surface area contributed by atoms with Crippen LogP contribution in [0.15, 0.2) is 54.6 Å². The number of rotatable bonds is 4. The van der Waals surface area contributed by atoms with Gasteiger partial charge in [-0.2, -0.15) is 0 Å². The van der Waals surface area contributed by atoms with E-state index in [1.807, 2.05) is 37.3 Å². The standard InChI is InChI=1S/C23H22N2O2/c1-3-17-9-11-19(12-10-17)24-20(26)22(2)15-16-25(22)21(27)23(13-14-23)18-7-5-4-6-8-18/h1,4-12H,13-16H2,2H3,(H,24,26). The van der Waals surface area contributed by atoms with Gasteiger partial charge < -0.3 is 10.2 Å². The summed E-state index contributed by atoms with van der Waals surface area (Å²) >= 11 is 0. The Morgan fingerprint density at radius 3 is 2.22 bits per heavy atom. The number of carbonyl (C=O) groups excluding carboxylic acids is 2. The Labute approximate surface area is 159 Å². The highest BCUT2D eigenvalue weighted by atomic mass is 16.2. The predicted octanol–water partition coefficient (Wildman–Crippen LogP) is 3.33. The molecule has 0 bridgehead atoms. The minimum Gasteiger partial charge on any atom is -0.327 e. The van der Waals surface area contributed by atoms with Crippen LogP contribution in [0.2, 0.25) is 0 Å². The molecule has 1 N–H and O–H groups in total. The van der Waals surface area contributed by atoms with Crippen molar-refractivity contribution < 1.29 is 9.59 Å². The van der Waals surface area contributed by atoms with Gasteiger partial charge in [0.15, 0.2) is 0 Å². The second-order valence-electron chi connectivity index (χ2n) is 7.60. The third-order valence-electron chi connectivity index (χ3n) is 5.95. The lowest BCUT2D eigenvalue weighted by Crippen LogP contribution is -2.67. The Morgan fingerprint density at radius 1 is 1.04 bits per heavy atom. The first kappa shape index (κ1) is 17.4. The summed E-state index contributed by atoms with van der Waals surface area (Å²) in [5.74, 6) is 2.47. The molecule has 0 aromatic heterocycles. The number of nitrogens with zero attached hydrogens (tertiary/aromatic N) is 1. The monoisotopic (exact) mass is 358 g/mol. The highest BCUT2D eigenvalue weighted by Crippen LogP contribution is 2.51. The summed E-state index contributed by atoms with van der Waals surface area (Å²) in [6.07, 6.45) is 7.72. The van der Waals surface area contributed by atoms with Crippen LogP contribution in [0.4, 0.5) is 5.69 Å². The number of nitrogens with one attached hydrogen (secondary N) is 1. The zero-order valence-electron chi connectivity index (χ0n) is 15.4. The van der Waals surface area contributed by atoms with Crippen LogP contribution < -0.4 is 5.32 Å². The SMILES string of the molecule is C#Cc1ccc(NC(=O)C2(C)CCN2C(=O)C2(c3ccccc3)CC2)cc1. The van der Waals surface area contributed by atoms with Crippen molar-refractivity contribution in [3.8, 4) is 12.3 Å². The highest BCUT2D eigenvalue weighted by molar-refractivity contribution is 6.03. The topological polar surface area (TPSA) is 49.4 Å². The first-order valence-electron chi connectivity index (χ1n) is 9.25. The summed E-state index contributed by atoms with van der Waals surface area (Å²) in [6, 6.07) is 17.0. The van der Waals surface area contributed by atoms with Crippen molar-refractivity contribution in [2.45, 2.75) is 37.1 Å². The Balaban J connectivity index is 1.51. The number of amides is 2. The van der Waals surface area contributed by atoms with E-state index in [9.17, 15) is 9.59 Å². The molecular formula is C23H22N2O2. The van der Waals surface area contributed by atoms with Crippen molar-refractivity contribution in [2.24, 2.45) is 0 Å². The second-order valence-corrected chi connectivity index (χ2v) is 7.60. The minimum absolute atomic E-state index is 0.0697. The molecule has 4 heteroatoms. The third kappa shape index (κ3) is 2.80. The Morgan fingerprint density at radius 2 is 1.70 bits per heavy atom. The van der Waals surface area contributed by atoms with E-state index in [1.54, 1.807) is 29.2 Å². The molecule has 1 saturated heterocycles. The molecule has 1 unspecified atom stereocenters. The Bertz CT molecular complexity index is 923. The normalized spacial score (nSPS) is 22.3. The molecule has 2 aromatic carbocycles. The Kier molecular flexibility index (Phi) is 4.04. The number of hydrogen-bond donors (Lipinski definition) is 1. The summed E-state index contributed by atoms with van der Waals surface area (Å²) in [4.78, 5) is 28.0. The molecule has 27 heavy (non-hydrogen) atoms. The van der Waals surface area contributed by atoms with Gasteiger partial charge in [-0.1, -0.05) is 36.3 Å². The maximum Gasteiger partial charge on any atom is 0.250 e. The molecule has 1 atom stereocenters. The molecule has 4 nitrogen and oxygen atoms in total. The molecule has 1 aliphatic heterocycles. The zero-order valence-corrected chi connectivity index (χ0v) is 15.4. The van der Waals surface area contributed by atoms with Crippen molar-refractivity contribution in [1.82, 2.24) is 4.90 Å². The summed E-state index contributed by atoms with van der Waals surface area (Å²) in [6.45, 7) is 2.47. The maximum absolute atomic E-state index is 13.3. The van der Waals surface area contributed by atoms with E-state index >= 15 is 0 Å². The smallest absolute Gasteiger partial charge is 0.250 e. The fourth-order valence-electron chi connectivity index (χ4n) is 3.80. The number of carbonyl (C=O) groups is 2. The summed E-state index contributed by atoms with van der Waals surface area (Å²) in [5.41, 5.74) is 1.24. The molecule has 2 fully saturated rings. The molecule has 4 rings (SSSR count). The number of likely N-dealkylation sites (tertiary alicyclic amines) is 1.